The van der Waals surface area contributed by atoms with Gasteiger partial charge in [-0.1, -0.05) is 6.92 Å². The molecule has 3 N–H and O–H groups in total. The molecule has 1 saturated carbocycles. The number of nitrogens with zero attached hydrogens (tertiary/aromatic N) is 2. The number of aliphatic hydroxyl groups excluding tert-OH is 1. The summed E-state index contributed by atoms with van der Waals surface area (Å²) >= 11 is 0. The standard InChI is InChI=1S/C15H33N3O/c1-5-14(16,13-19)8-7-11-18(4)12-15(17(2)3)9-6-10-15/h19H,5-13,16H2,1-4H3. The van der Waals surface area contributed by atoms with Crippen LogP contribution in [0.4, 0.5) is 0 Å². The number of rotatable bonds is 9. The highest BCUT2D eigenvalue weighted by atomic mass is 16.3. The minimum Gasteiger partial charge on any atom is -0.394 e. The van der Waals surface area contributed by atoms with Crippen LogP contribution in [-0.2, 0) is 0 Å². The largest absolute Gasteiger partial charge is 0.394 e. The predicted molar refractivity (Wildman–Crippen MR) is 81.3 cm³/mol. The molecule has 0 aliphatic heterocycles. The van der Waals surface area contributed by atoms with Crippen LogP contribution in [0.2, 0.25) is 0 Å². The van der Waals surface area contributed by atoms with Crippen LogP contribution in [0.5, 0.6) is 0 Å². The molecule has 1 fully saturated rings. The summed E-state index contributed by atoms with van der Waals surface area (Å²) in [6, 6.07) is 0. The zero-order valence-corrected chi connectivity index (χ0v) is 13.3. The first-order valence-corrected chi connectivity index (χ1v) is 7.63. The zero-order chi connectivity index (χ0) is 14.5. The molecule has 19 heavy (non-hydrogen) atoms. The van der Waals surface area contributed by atoms with Gasteiger partial charge in [0.05, 0.1) is 6.61 Å². The summed E-state index contributed by atoms with van der Waals surface area (Å²) in [5, 5.41) is 9.31. The van der Waals surface area contributed by atoms with E-state index in [2.05, 4.69) is 37.9 Å². The van der Waals surface area contributed by atoms with Gasteiger partial charge in [0.1, 0.15) is 0 Å². The van der Waals surface area contributed by atoms with E-state index in [1.165, 1.54) is 19.3 Å². The Bertz CT molecular complexity index is 260. The van der Waals surface area contributed by atoms with Crippen LogP contribution in [0, 0.1) is 0 Å². The Hall–Kier alpha value is -0.160. The Labute approximate surface area is 118 Å². The van der Waals surface area contributed by atoms with Gasteiger partial charge in [-0.25, -0.2) is 0 Å². The average Bonchev–Trinajstić information content (AvgIpc) is 2.33. The molecule has 1 atom stereocenters. The van der Waals surface area contributed by atoms with Gasteiger partial charge in [-0.3, -0.25) is 0 Å². The Morgan fingerprint density at radius 3 is 2.26 bits per heavy atom. The molecule has 0 bridgehead atoms. The molecule has 0 amide bonds. The summed E-state index contributed by atoms with van der Waals surface area (Å²) in [7, 11) is 6.59. The lowest BCUT2D eigenvalue weighted by Gasteiger charge is -2.49. The maximum Gasteiger partial charge on any atom is 0.0611 e. The van der Waals surface area contributed by atoms with E-state index in [4.69, 9.17) is 5.73 Å². The first-order chi connectivity index (χ1) is 8.87. The summed E-state index contributed by atoms with van der Waals surface area (Å²) in [4.78, 5) is 4.81. The van der Waals surface area contributed by atoms with Gasteiger partial charge >= 0.3 is 0 Å². The Morgan fingerprint density at radius 2 is 1.89 bits per heavy atom. The molecule has 4 heteroatoms. The van der Waals surface area contributed by atoms with Crippen molar-refractivity contribution in [2.24, 2.45) is 5.73 Å². The van der Waals surface area contributed by atoms with Gasteiger partial charge in [0.25, 0.3) is 0 Å². The summed E-state index contributed by atoms with van der Waals surface area (Å²) in [5.41, 5.74) is 6.14. The molecule has 0 aromatic carbocycles. The molecule has 1 rings (SSSR count). The van der Waals surface area contributed by atoms with Crippen LogP contribution in [-0.4, -0.2) is 66.8 Å². The molecule has 0 aromatic heterocycles. The molecular weight excluding hydrogens is 238 g/mol. The average molecular weight is 271 g/mol. The predicted octanol–water partition coefficient (Wildman–Crippen LogP) is 1.28. The van der Waals surface area contributed by atoms with Crippen molar-refractivity contribution in [3.8, 4) is 0 Å². The molecule has 0 saturated heterocycles. The third-order valence-corrected chi connectivity index (χ3v) is 5.03. The van der Waals surface area contributed by atoms with E-state index in [0.29, 0.717) is 5.54 Å². The van der Waals surface area contributed by atoms with Crippen molar-refractivity contribution >= 4 is 0 Å². The highest BCUT2D eigenvalue weighted by Gasteiger charge is 2.39. The van der Waals surface area contributed by atoms with Crippen LogP contribution in [0.15, 0.2) is 0 Å². The highest BCUT2D eigenvalue weighted by Crippen LogP contribution is 2.36. The third-order valence-electron chi connectivity index (χ3n) is 5.03. The highest BCUT2D eigenvalue weighted by molar-refractivity contribution is 4.97. The lowest BCUT2D eigenvalue weighted by molar-refractivity contribution is 0.0268. The first kappa shape index (κ1) is 16.9. The van der Waals surface area contributed by atoms with Crippen LogP contribution in [0.25, 0.3) is 0 Å². The molecule has 1 aliphatic carbocycles. The fourth-order valence-electron chi connectivity index (χ4n) is 2.98. The van der Waals surface area contributed by atoms with Crippen molar-refractivity contribution in [1.29, 1.82) is 0 Å². The zero-order valence-electron chi connectivity index (χ0n) is 13.3. The van der Waals surface area contributed by atoms with Gasteiger partial charge in [0.15, 0.2) is 0 Å². The van der Waals surface area contributed by atoms with Crippen molar-refractivity contribution in [3.63, 3.8) is 0 Å². The Balaban J connectivity index is 2.30. The molecule has 1 unspecified atom stereocenters. The van der Waals surface area contributed by atoms with Crippen LogP contribution in [0.3, 0.4) is 0 Å². The minimum absolute atomic E-state index is 0.0921. The second-order valence-corrected chi connectivity index (χ2v) is 6.69. The van der Waals surface area contributed by atoms with E-state index in [1.807, 2.05) is 0 Å². The van der Waals surface area contributed by atoms with Gasteiger partial charge in [-0.2, -0.15) is 0 Å². The lowest BCUT2D eigenvalue weighted by atomic mass is 9.75. The molecule has 1 aliphatic rings. The fourth-order valence-corrected chi connectivity index (χ4v) is 2.98. The number of aliphatic hydroxyl groups is 1. The maximum atomic E-state index is 9.31. The fraction of sp³-hybridized carbons (Fsp3) is 1.00. The van der Waals surface area contributed by atoms with Crippen molar-refractivity contribution in [2.45, 2.75) is 56.5 Å². The van der Waals surface area contributed by atoms with E-state index in [9.17, 15) is 5.11 Å². The van der Waals surface area contributed by atoms with E-state index in [1.54, 1.807) is 0 Å². The molecular formula is C15H33N3O. The van der Waals surface area contributed by atoms with Crippen molar-refractivity contribution < 1.29 is 5.11 Å². The lowest BCUT2D eigenvalue weighted by Crippen LogP contribution is -2.56. The topological polar surface area (TPSA) is 52.7 Å². The summed E-state index contributed by atoms with van der Waals surface area (Å²) in [6.07, 6.45) is 6.80. The van der Waals surface area contributed by atoms with Crippen LogP contribution < -0.4 is 5.73 Å². The SMILES string of the molecule is CCC(N)(CO)CCCN(C)CC1(N(C)C)CCC1. The number of hydrogen-bond acceptors (Lipinski definition) is 4. The number of nitrogens with two attached hydrogens (primary N) is 1. The van der Waals surface area contributed by atoms with E-state index < -0.39 is 0 Å². The Morgan fingerprint density at radius 1 is 1.26 bits per heavy atom. The smallest absolute Gasteiger partial charge is 0.0611 e. The van der Waals surface area contributed by atoms with E-state index in [-0.39, 0.29) is 12.1 Å². The van der Waals surface area contributed by atoms with Crippen LogP contribution in [0.1, 0.15) is 45.4 Å². The van der Waals surface area contributed by atoms with Gasteiger partial charge in [-0.05, 0) is 66.2 Å². The quantitative estimate of drug-likeness (QED) is 0.663. The number of hydrogen-bond donors (Lipinski definition) is 2. The van der Waals surface area contributed by atoms with E-state index >= 15 is 0 Å². The molecule has 0 heterocycles. The number of likely N-dealkylation sites (N-methyl/N-ethyl adjacent to an activating group) is 2. The second kappa shape index (κ2) is 7.02. The molecule has 0 spiro atoms. The summed E-state index contributed by atoms with van der Waals surface area (Å²) in [6.45, 7) is 4.35. The minimum atomic E-state index is -0.378. The molecule has 0 radical (unpaired) electrons. The second-order valence-electron chi connectivity index (χ2n) is 6.69. The third kappa shape index (κ3) is 4.42. The Kier molecular flexibility index (Phi) is 6.24. The summed E-state index contributed by atoms with van der Waals surface area (Å²) in [5.74, 6) is 0. The van der Waals surface area contributed by atoms with E-state index in [0.717, 1.165) is 32.4 Å². The van der Waals surface area contributed by atoms with Crippen molar-refractivity contribution in [1.82, 2.24) is 9.80 Å². The first-order valence-electron chi connectivity index (χ1n) is 7.63. The van der Waals surface area contributed by atoms with Gasteiger partial charge in [0.2, 0.25) is 0 Å². The van der Waals surface area contributed by atoms with Crippen LogP contribution >= 0.6 is 0 Å². The normalized spacial score (nSPS) is 21.5. The molecule has 4 nitrogen and oxygen atoms in total. The maximum absolute atomic E-state index is 9.31. The van der Waals surface area contributed by atoms with Gasteiger partial charge < -0.3 is 20.6 Å². The van der Waals surface area contributed by atoms with Crippen molar-refractivity contribution in [3.05, 3.63) is 0 Å². The van der Waals surface area contributed by atoms with Gasteiger partial charge in [-0.15, -0.1) is 0 Å². The monoisotopic (exact) mass is 271 g/mol. The molecule has 0 aromatic rings. The molecule has 114 valence electrons. The summed E-state index contributed by atoms with van der Waals surface area (Å²) < 4.78 is 0. The van der Waals surface area contributed by atoms with Crippen molar-refractivity contribution in [2.75, 3.05) is 40.8 Å². The van der Waals surface area contributed by atoms with Gasteiger partial charge in [0, 0.05) is 17.6 Å².